The average molecular weight is 352 g/mol. The Kier molecular flexibility index (Phi) is 5.15. The number of ether oxygens (including phenoxy) is 1. The first-order valence-corrected chi connectivity index (χ1v) is 6.01. The molecule has 0 aliphatic carbocycles. The van der Waals surface area contributed by atoms with E-state index in [9.17, 15) is 9.18 Å². The van der Waals surface area contributed by atoms with Crippen LogP contribution >= 0.6 is 31.9 Å². The van der Waals surface area contributed by atoms with Gasteiger partial charge in [-0.1, -0.05) is 44.0 Å². The van der Waals surface area contributed by atoms with E-state index in [1.807, 2.05) is 0 Å². The third-order valence-corrected chi connectivity index (χ3v) is 3.15. The van der Waals surface area contributed by atoms with Crippen molar-refractivity contribution in [1.29, 1.82) is 0 Å². The summed E-state index contributed by atoms with van der Waals surface area (Å²) in [6, 6.07) is 2.73. The normalized spacial score (nSPS) is 10.8. The molecule has 0 saturated carbocycles. The maximum Gasteiger partial charge on any atom is 0.309 e. The van der Waals surface area contributed by atoms with Crippen LogP contribution in [0.5, 0.6) is 0 Å². The number of methoxy groups -OCH3 is 1. The molecule has 1 aromatic rings. The summed E-state index contributed by atoms with van der Waals surface area (Å²) in [5.74, 6) is -0.644. The van der Waals surface area contributed by atoms with E-state index in [0.29, 0.717) is 8.95 Å². The average Bonchev–Trinajstić information content (AvgIpc) is 2.21. The highest BCUT2D eigenvalue weighted by Crippen LogP contribution is 2.28. The van der Waals surface area contributed by atoms with Crippen LogP contribution in [0, 0.1) is 5.82 Å². The van der Waals surface area contributed by atoms with Gasteiger partial charge < -0.3 is 4.74 Å². The van der Waals surface area contributed by atoms with Crippen LogP contribution in [0.2, 0.25) is 0 Å². The monoisotopic (exact) mass is 350 g/mol. The van der Waals surface area contributed by atoms with Gasteiger partial charge in [-0.2, -0.15) is 0 Å². The minimum absolute atomic E-state index is 0.187. The second kappa shape index (κ2) is 6.15. The van der Waals surface area contributed by atoms with Crippen molar-refractivity contribution in [1.82, 2.24) is 0 Å². The molecular formula is C11H9Br2FO2. The molecule has 0 spiro atoms. The van der Waals surface area contributed by atoms with Crippen molar-refractivity contribution in [2.24, 2.45) is 0 Å². The molecule has 1 rings (SSSR count). The van der Waals surface area contributed by atoms with Crippen LogP contribution in [0.1, 0.15) is 12.0 Å². The fraction of sp³-hybridized carbons (Fsp3) is 0.182. The summed E-state index contributed by atoms with van der Waals surface area (Å²) < 4.78 is 18.7. The quantitative estimate of drug-likeness (QED) is 0.771. The molecule has 2 nitrogen and oxygen atoms in total. The van der Waals surface area contributed by atoms with Crippen LogP contribution in [0.4, 0.5) is 4.39 Å². The standard InChI is InChI=1S/C11H9Br2FO2/c1-16-11(15)4-2-3-8-9(12)5-7(14)6-10(8)13/h2-3,5-6H,4H2,1H3. The maximum atomic E-state index is 13.0. The molecule has 0 aliphatic heterocycles. The fourth-order valence-corrected chi connectivity index (χ4v) is 2.46. The molecule has 1 aromatic carbocycles. The van der Waals surface area contributed by atoms with E-state index in [1.165, 1.54) is 19.2 Å². The van der Waals surface area contributed by atoms with Crippen molar-refractivity contribution in [3.63, 3.8) is 0 Å². The van der Waals surface area contributed by atoms with E-state index in [2.05, 4.69) is 36.6 Å². The van der Waals surface area contributed by atoms with Crippen molar-refractivity contribution in [2.75, 3.05) is 7.11 Å². The van der Waals surface area contributed by atoms with Gasteiger partial charge in [0.2, 0.25) is 0 Å². The SMILES string of the molecule is COC(=O)CC=Cc1c(Br)cc(F)cc1Br. The predicted octanol–water partition coefficient (Wildman–Crippen LogP) is 3.93. The van der Waals surface area contributed by atoms with Gasteiger partial charge in [-0.15, -0.1) is 0 Å². The fourth-order valence-electron chi connectivity index (χ4n) is 1.07. The van der Waals surface area contributed by atoms with Gasteiger partial charge in [0.25, 0.3) is 0 Å². The van der Waals surface area contributed by atoms with Crippen LogP contribution in [0.25, 0.3) is 6.08 Å². The highest BCUT2D eigenvalue weighted by molar-refractivity contribution is 9.11. The number of benzene rings is 1. The second-order valence-electron chi connectivity index (χ2n) is 2.97. The molecule has 0 amide bonds. The molecule has 0 bridgehead atoms. The summed E-state index contributed by atoms with van der Waals surface area (Å²) in [5.41, 5.74) is 0.783. The smallest absolute Gasteiger partial charge is 0.309 e. The van der Waals surface area contributed by atoms with Crippen LogP contribution in [-0.2, 0) is 9.53 Å². The molecule has 0 aromatic heterocycles. The van der Waals surface area contributed by atoms with Crippen LogP contribution < -0.4 is 0 Å². The first-order valence-electron chi connectivity index (χ1n) is 4.42. The molecule has 86 valence electrons. The van der Waals surface area contributed by atoms with Crippen LogP contribution in [-0.4, -0.2) is 13.1 Å². The molecule has 0 heterocycles. The van der Waals surface area contributed by atoms with Gasteiger partial charge in [0.1, 0.15) is 5.82 Å². The lowest BCUT2D eigenvalue weighted by molar-refractivity contribution is -0.139. The Morgan fingerprint density at radius 1 is 1.44 bits per heavy atom. The van der Waals surface area contributed by atoms with Gasteiger partial charge in [-0.25, -0.2) is 4.39 Å². The summed E-state index contributed by atoms with van der Waals surface area (Å²) in [7, 11) is 1.33. The van der Waals surface area contributed by atoms with E-state index in [1.54, 1.807) is 12.2 Å². The maximum absolute atomic E-state index is 13.0. The Morgan fingerprint density at radius 3 is 2.50 bits per heavy atom. The van der Waals surface area contributed by atoms with Crippen molar-refractivity contribution < 1.29 is 13.9 Å². The minimum atomic E-state index is -0.330. The van der Waals surface area contributed by atoms with Crippen molar-refractivity contribution in [2.45, 2.75) is 6.42 Å². The van der Waals surface area contributed by atoms with Gasteiger partial charge >= 0.3 is 5.97 Å². The van der Waals surface area contributed by atoms with Gasteiger partial charge in [-0.05, 0) is 12.1 Å². The zero-order valence-electron chi connectivity index (χ0n) is 8.47. The Balaban J connectivity index is 2.85. The molecule has 0 N–H and O–H groups in total. The number of esters is 1. The number of rotatable bonds is 3. The number of carbonyl (C=O) groups is 1. The summed E-state index contributed by atoms with van der Waals surface area (Å²) in [4.78, 5) is 10.9. The number of carbonyl (C=O) groups excluding carboxylic acids is 1. The van der Waals surface area contributed by atoms with E-state index in [0.717, 1.165) is 5.56 Å². The second-order valence-corrected chi connectivity index (χ2v) is 4.67. The van der Waals surface area contributed by atoms with Crippen LogP contribution in [0.3, 0.4) is 0 Å². The molecule has 5 heteroatoms. The van der Waals surface area contributed by atoms with Crippen LogP contribution in [0.15, 0.2) is 27.2 Å². The number of hydrogen-bond donors (Lipinski definition) is 0. The third-order valence-electron chi connectivity index (χ3n) is 1.84. The molecule has 0 atom stereocenters. The largest absolute Gasteiger partial charge is 0.469 e. The van der Waals surface area contributed by atoms with Crippen molar-refractivity contribution in [3.05, 3.63) is 38.5 Å². The topological polar surface area (TPSA) is 26.3 Å². The molecular weight excluding hydrogens is 343 g/mol. The summed E-state index contributed by atoms with van der Waals surface area (Å²) in [6.07, 6.45) is 3.58. The predicted molar refractivity (Wildman–Crippen MR) is 67.5 cm³/mol. The Hall–Kier alpha value is -0.680. The van der Waals surface area contributed by atoms with E-state index in [4.69, 9.17) is 0 Å². The highest BCUT2D eigenvalue weighted by atomic mass is 79.9. The van der Waals surface area contributed by atoms with E-state index in [-0.39, 0.29) is 18.2 Å². The molecule has 16 heavy (non-hydrogen) atoms. The lowest BCUT2D eigenvalue weighted by atomic mass is 10.2. The first kappa shape index (κ1) is 13.4. The van der Waals surface area contributed by atoms with Crippen molar-refractivity contribution in [3.8, 4) is 0 Å². The zero-order chi connectivity index (χ0) is 12.1. The molecule has 0 saturated heterocycles. The summed E-state index contributed by atoms with van der Waals surface area (Å²) in [5, 5.41) is 0. The van der Waals surface area contributed by atoms with E-state index >= 15 is 0 Å². The molecule has 0 fully saturated rings. The number of hydrogen-bond acceptors (Lipinski definition) is 2. The Bertz CT molecular complexity index is 407. The Labute approximate surface area is 110 Å². The van der Waals surface area contributed by atoms with Gasteiger partial charge in [0.15, 0.2) is 0 Å². The lowest BCUT2D eigenvalue weighted by Crippen LogP contribution is -1.96. The molecule has 0 radical (unpaired) electrons. The van der Waals surface area contributed by atoms with Crippen molar-refractivity contribution >= 4 is 43.9 Å². The minimum Gasteiger partial charge on any atom is -0.469 e. The van der Waals surface area contributed by atoms with Gasteiger partial charge in [0.05, 0.1) is 13.5 Å². The highest BCUT2D eigenvalue weighted by Gasteiger charge is 2.04. The molecule has 0 unspecified atom stereocenters. The molecule has 0 aliphatic rings. The lowest BCUT2D eigenvalue weighted by Gasteiger charge is -2.02. The number of halogens is 3. The first-order chi connectivity index (χ1) is 7.54. The third kappa shape index (κ3) is 3.72. The summed E-state index contributed by atoms with van der Waals surface area (Å²) >= 11 is 6.49. The zero-order valence-corrected chi connectivity index (χ0v) is 11.6. The van der Waals surface area contributed by atoms with Gasteiger partial charge in [0, 0.05) is 14.5 Å². The Morgan fingerprint density at radius 2 is 2.00 bits per heavy atom. The summed E-state index contributed by atoms with van der Waals surface area (Å²) in [6.45, 7) is 0. The van der Waals surface area contributed by atoms with E-state index < -0.39 is 0 Å². The van der Waals surface area contributed by atoms with Gasteiger partial charge in [-0.3, -0.25) is 4.79 Å².